The number of imidazole rings is 1. The number of hydrogen-bond acceptors (Lipinski definition) is 2. The lowest BCUT2D eigenvalue weighted by Crippen LogP contribution is -2.03. The summed E-state index contributed by atoms with van der Waals surface area (Å²) in [4.78, 5) is 17.0. The number of Topliss-reactive ketones (excluding diaryl/α,β-unsaturated/α-hetero) is 1. The second-order valence-corrected chi connectivity index (χ2v) is 7.88. The fourth-order valence-electron chi connectivity index (χ4n) is 3.95. The van der Waals surface area contributed by atoms with Crippen LogP contribution in [0.5, 0.6) is 0 Å². The molecule has 0 aliphatic rings. The van der Waals surface area contributed by atoms with Gasteiger partial charge >= 0.3 is 0 Å². The molecule has 0 unspecified atom stereocenters. The summed E-state index contributed by atoms with van der Waals surface area (Å²) in [5.41, 5.74) is 5.59. The summed E-state index contributed by atoms with van der Waals surface area (Å²) in [5, 5.41) is 0. The maximum atomic E-state index is 12.2. The number of aryl methyl sites for hydroxylation is 1. The number of aromatic nitrogens is 2. The highest BCUT2D eigenvalue weighted by Gasteiger charge is 2.14. The SMILES string of the molecule is O=C(CCCCCn1cnc(-c2ccccc2)c1-c1ccccc1)Cc1ccccc1. The Balaban J connectivity index is 1.36. The second-order valence-electron chi connectivity index (χ2n) is 7.88. The van der Waals surface area contributed by atoms with Gasteiger partial charge in [-0.3, -0.25) is 4.79 Å². The zero-order valence-corrected chi connectivity index (χ0v) is 17.8. The van der Waals surface area contributed by atoms with E-state index in [-0.39, 0.29) is 0 Å². The fourth-order valence-corrected chi connectivity index (χ4v) is 3.95. The van der Waals surface area contributed by atoms with E-state index in [1.807, 2.05) is 48.8 Å². The van der Waals surface area contributed by atoms with E-state index < -0.39 is 0 Å². The Kier molecular flexibility index (Phi) is 7.07. The monoisotopic (exact) mass is 408 g/mol. The van der Waals surface area contributed by atoms with Gasteiger partial charge < -0.3 is 4.57 Å². The summed E-state index contributed by atoms with van der Waals surface area (Å²) in [7, 11) is 0. The first kappa shape index (κ1) is 20.8. The van der Waals surface area contributed by atoms with Crippen molar-refractivity contribution < 1.29 is 4.79 Å². The topological polar surface area (TPSA) is 34.9 Å². The van der Waals surface area contributed by atoms with Crippen LogP contribution in [0.3, 0.4) is 0 Å². The molecule has 0 N–H and O–H groups in total. The van der Waals surface area contributed by atoms with Crippen LogP contribution in [0.25, 0.3) is 22.5 Å². The third kappa shape index (κ3) is 5.58. The second kappa shape index (κ2) is 10.5. The van der Waals surface area contributed by atoms with E-state index in [0.717, 1.165) is 48.3 Å². The molecule has 1 heterocycles. The lowest BCUT2D eigenvalue weighted by atomic mass is 10.0. The van der Waals surface area contributed by atoms with Gasteiger partial charge in [-0.2, -0.15) is 0 Å². The van der Waals surface area contributed by atoms with Crippen molar-refractivity contribution in [3.63, 3.8) is 0 Å². The van der Waals surface area contributed by atoms with Crippen LogP contribution >= 0.6 is 0 Å². The Morgan fingerprint density at radius 3 is 2.00 bits per heavy atom. The number of benzene rings is 3. The van der Waals surface area contributed by atoms with E-state index in [0.29, 0.717) is 18.6 Å². The molecule has 156 valence electrons. The largest absolute Gasteiger partial charge is 0.330 e. The highest BCUT2D eigenvalue weighted by Crippen LogP contribution is 2.31. The van der Waals surface area contributed by atoms with Gasteiger partial charge in [-0.25, -0.2) is 4.98 Å². The average Bonchev–Trinajstić information content (AvgIpc) is 3.24. The minimum atomic E-state index is 0.324. The maximum Gasteiger partial charge on any atom is 0.137 e. The van der Waals surface area contributed by atoms with Gasteiger partial charge in [0.15, 0.2) is 0 Å². The van der Waals surface area contributed by atoms with Crippen LogP contribution in [0.1, 0.15) is 31.2 Å². The van der Waals surface area contributed by atoms with E-state index in [1.165, 1.54) is 5.56 Å². The molecule has 0 saturated heterocycles. The molecular formula is C28H28N2O. The Morgan fingerprint density at radius 1 is 0.710 bits per heavy atom. The summed E-state index contributed by atoms with van der Waals surface area (Å²) in [5.74, 6) is 0.324. The van der Waals surface area contributed by atoms with Gasteiger partial charge in [-0.05, 0) is 18.4 Å². The summed E-state index contributed by atoms with van der Waals surface area (Å²) >= 11 is 0. The van der Waals surface area contributed by atoms with Crippen LogP contribution < -0.4 is 0 Å². The van der Waals surface area contributed by atoms with Gasteiger partial charge in [0.1, 0.15) is 5.78 Å². The van der Waals surface area contributed by atoms with Crippen molar-refractivity contribution in [1.29, 1.82) is 0 Å². The van der Waals surface area contributed by atoms with Crippen molar-refractivity contribution in [3.05, 3.63) is 103 Å². The van der Waals surface area contributed by atoms with Crippen molar-refractivity contribution in [2.75, 3.05) is 0 Å². The van der Waals surface area contributed by atoms with Gasteiger partial charge in [0.25, 0.3) is 0 Å². The van der Waals surface area contributed by atoms with Crippen molar-refractivity contribution in [1.82, 2.24) is 9.55 Å². The Bertz CT molecular complexity index is 1090. The first-order chi connectivity index (χ1) is 15.3. The molecule has 4 rings (SSSR count). The average molecular weight is 409 g/mol. The molecule has 3 heteroatoms. The molecule has 0 radical (unpaired) electrons. The molecule has 3 aromatic carbocycles. The van der Waals surface area contributed by atoms with Gasteiger partial charge in [-0.15, -0.1) is 0 Å². The van der Waals surface area contributed by atoms with Crippen LogP contribution in [-0.2, 0) is 17.8 Å². The lowest BCUT2D eigenvalue weighted by Gasteiger charge is -2.11. The van der Waals surface area contributed by atoms with E-state index in [1.54, 1.807) is 0 Å². The van der Waals surface area contributed by atoms with Crippen LogP contribution in [0.4, 0.5) is 0 Å². The molecule has 31 heavy (non-hydrogen) atoms. The van der Waals surface area contributed by atoms with Crippen molar-refractivity contribution in [2.45, 2.75) is 38.6 Å². The van der Waals surface area contributed by atoms with Crippen molar-refractivity contribution in [2.24, 2.45) is 0 Å². The molecule has 0 fully saturated rings. The number of nitrogens with zero attached hydrogens (tertiary/aromatic N) is 2. The lowest BCUT2D eigenvalue weighted by molar-refractivity contribution is -0.118. The molecule has 0 bridgehead atoms. The number of rotatable bonds is 10. The van der Waals surface area contributed by atoms with Crippen LogP contribution in [0.2, 0.25) is 0 Å². The van der Waals surface area contributed by atoms with E-state index in [9.17, 15) is 4.79 Å². The number of hydrogen-bond donors (Lipinski definition) is 0. The molecule has 0 atom stereocenters. The highest BCUT2D eigenvalue weighted by atomic mass is 16.1. The zero-order valence-electron chi connectivity index (χ0n) is 17.8. The number of unbranched alkanes of at least 4 members (excludes halogenated alkanes) is 2. The maximum absolute atomic E-state index is 12.2. The Morgan fingerprint density at radius 2 is 1.32 bits per heavy atom. The standard InChI is InChI=1S/C28H28N2O/c31-26(21-23-13-5-1-6-14-23)19-11-4-12-20-30-22-29-27(24-15-7-2-8-16-24)28(30)25-17-9-3-10-18-25/h1-3,5-10,13-18,22H,4,11-12,19-21H2. The molecule has 1 aromatic heterocycles. The zero-order chi connectivity index (χ0) is 21.3. The van der Waals surface area contributed by atoms with E-state index >= 15 is 0 Å². The van der Waals surface area contributed by atoms with Crippen molar-refractivity contribution in [3.8, 4) is 22.5 Å². The molecule has 3 nitrogen and oxygen atoms in total. The number of ketones is 1. The summed E-state index contributed by atoms with van der Waals surface area (Å²) in [6.45, 7) is 0.900. The molecule has 0 spiro atoms. The quantitative estimate of drug-likeness (QED) is 0.277. The number of carbonyl (C=O) groups is 1. The van der Waals surface area contributed by atoms with Gasteiger partial charge in [0.05, 0.1) is 17.7 Å². The van der Waals surface area contributed by atoms with Crippen LogP contribution in [-0.4, -0.2) is 15.3 Å². The molecule has 0 aliphatic carbocycles. The summed E-state index contributed by atoms with van der Waals surface area (Å²) in [6.07, 6.45) is 6.15. The number of carbonyl (C=O) groups excluding carboxylic acids is 1. The predicted molar refractivity (Wildman–Crippen MR) is 127 cm³/mol. The van der Waals surface area contributed by atoms with Gasteiger partial charge in [0.2, 0.25) is 0 Å². The smallest absolute Gasteiger partial charge is 0.137 e. The highest BCUT2D eigenvalue weighted by molar-refractivity contribution is 5.80. The molecule has 0 saturated carbocycles. The molecular weight excluding hydrogens is 380 g/mol. The Labute approximate surface area is 184 Å². The summed E-state index contributed by atoms with van der Waals surface area (Å²) < 4.78 is 2.25. The first-order valence-electron chi connectivity index (χ1n) is 11.0. The van der Waals surface area contributed by atoms with E-state index in [4.69, 9.17) is 4.98 Å². The van der Waals surface area contributed by atoms with Crippen molar-refractivity contribution >= 4 is 5.78 Å². The first-order valence-corrected chi connectivity index (χ1v) is 11.0. The summed E-state index contributed by atoms with van der Waals surface area (Å²) in [6, 6.07) is 30.8. The molecule has 0 aliphatic heterocycles. The minimum Gasteiger partial charge on any atom is -0.330 e. The van der Waals surface area contributed by atoms with Crippen LogP contribution in [0, 0.1) is 0 Å². The third-order valence-electron chi connectivity index (χ3n) is 5.53. The van der Waals surface area contributed by atoms with Gasteiger partial charge in [0, 0.05) is 30.5 Å². The van der Waals surface area contributed by atoms with E-state index in [2.05, 4.69) is 53.1 Å². The predicted octanol–water partition coefficient (Wildman–Crippen LogP) is 6.59. The fraction of sp³-hybridized carbons (Fsp3) is 0.214. The molecule has 0 amide bonds. The normalized spacial score (nSPS) is 10.8. The third-order valence-corrected chi connectivity index (χ3v) is 5.53. The minimum absolute atomic E-state index is 0.324. The van der Waals surface area contributed by atoms with Crippen LogP contribution in [0.15, 0.2) is 97.3 Å². The Hall–Kier alpha value is -3.46. The van der Waals surface area contributed by atoms with Gasteiger partial charge in [-0.1, -0.05) is 97.4 Å². The molecule has 4 aromatic rings.